The van der Waals surface area contributed by atoms with E-state index in [1.54, 1.807) is 0 Å². The number of hydrogen-bond acceptors (Lipinski definition) is 4. The van der Waals surface area contributed by atoms with E-state index in [9.17, 15) is 0 Å². The molecule has 0 spiro atoms. The summed E-state index contributed by atoms with van der Waals surface area (Å²) in [6.45, 7) is 4.27. The first kappa shape index (κ1) is 17.6. The average molecular weight is 340 g/mol. The topological polar surface area (TPSA) is 42.5 Å². The molecular formula is C21H28N2O2. The number of hydrogen-bond donors (Lipinski definition) is 2. The Kier molecular flexibility index (Phi) is 6.57. The number of benzene rings is 2. The van der Waals surface area contributed by atoms with Crippen molar-refractivity contribution in [3.05, 3.63) is 54.6 Å². The molecule has 2 unspecified atom stereocenters. The van der Waals surface area contributed by atoms with E-state index >= 15 is 0 Å². The normalized spacial score (nSPS) is 20.0. The highest BCUT2D eigenvalue weighted by Crippen LogP contribution is 2.19. The molecule has 0 bridgehead atoms. The van der Waals surface area contributed by atoms with Gasteiger partial charge in [0.05, 0.1) is 0 Å². The highest BCUT2D eigenvalue weighted by Gasteiger charge is 2.17. The van der Waals surface area contributed by atoms with E-state index in [2.05, 4.69) is 29.7 Å². The Balaban J connectivity index is 1.40. The van der Waals surface area contributed by atoms with Gasteiger partial charge in [-0.15, -0.1) is 0 Å². The molecule has 1 heterocycles. The van der Waals surface area contributed by atoms with E-state index in [1.165, 1.54) is 19.3 Å². The predicted octanol–water partition coefficient (Wildman–Crippen LogP) is 4.09. The van der Waals surface area contributed by atoms with Crippen LogP contribution in [0.25, 0.3) is 0 Å². The quantitative estimate of drug-likeness (QED) is 0.711. The van der Waals surface area contributed by atoms with Gasteiger partial charge in [0.25, 0.3) is 0 Å². The molecule has 1 fully saturated rings. The first-order valence-corrected chi connectivity index (χ1v) is 9.20. The highest BCUT2D eigenvalue weighted by molar-refractivity contribution is 5.48. The molecule has 0 radical (unpaired) electrons. The molecule has 4 nitrogen and oxygen atoms in total. The maximum Gasteiger partial charge on any atom is 0.122 e. The van der Waals surface area contributed by atoms with Gasteiger partial charge in [0, 0.05) is 30.4 Å². The van der Waals surface area contributed by atoms with Crippen molar-refractivity contribution in [3.8, 4) is 11.5 Å². The van der Waals surface area contributed by atoms with E-state index in [0.29, 0.717) is 25.3 Å². The Labute approximate surface area is 150 Å². The molecule has 2 aromatic carbocycles. The van der Waals surface area contributed by atoms with Gasteiger partial charge in [-0.1, -0.05) is 30.7 Å². The van der Waals surface area contributed by atoms with Crippen LogP contribution in [0.2, 0.25) is 0 Å². The Morgan fingerprint density at radius 2 is 1.72 bits per heavy atom. The van der Waals surface area contributed by atoms with Crippen LogP contribution in [0.3, 0.4) is 0 Å². The second-order valence-electron chi connectivity index (χ2n) is 6.61. The molecule has 25 heavy (non-hydrogen) atoms. The van der Waals surface area contributed by atoms with E-state index in [-0.39, 0.29) is 0 Å². The first-order valence-electron chi connectivity index (χ1n) is 9.20. The smallest absolute Gasteiger partial charge is 0.122 e. The van der Waals surface area contributed by atoms with Gasteiger partial charge >= 0.3 is 0 Å². The maximum absolute atomic E-state index is 5.80. The molecule has 2 N–H and O–H groups in total. The zero-order valence-electron chi connectivity index (χ0n) is 14.9. The van der Waals surface area contributed by atoms with Crippen molar-refractivity contribution in [2.24, 2.45) is 0 Å². The Morgan fingerprint density at radius 3 is 2.52 bits per heavy atom. The van der Waals surface area contributed by atoms with Crippen molar-refractivity contribution < 1.29 is 9.47 Å². The standard InChI is InChI=1S/C21H28N2O2/c1-17-7-5-9-19(23-17)16-22-18-8-6-12-21(15-18)25-14-13-24-20-10-3-2-4-11-20/h2-4,6,8,10-12,15,17,19,22-23H,5,7,9,13-14,16H2,1H3. The van der Waals surface area contributed by atoms with E-state index in [0.717, 1.165) is 23.7 Å². The SMILES string of the molecule is CC1CCCC(CNc2cccc(OCCOc3ccccc3)c2)N1. The predicted molar refractivity (Wildman–Crippen MR) is 103 cm³/mol. The van der Waals surface area contributed by atoms with Crippen LogP contribution in [0.4, 0.5) is 5.69 Å². The lowest BCUT2D eigenvalue weighted by Crippen LogP contribution is -2.44. The van der Waals surface area contributed by atoms with Crippen LogP contribution in [0.15, 0.2) is 54.6 Å². The molecule has 2 atom stereocenters. The minimum Gasteiger partial charge on any atom is -0.490 e. The summed E-state index contributed by atoms with van der Waals surface area (Å²) in [6, 6.07) is 19.1. The van der Waals surface area contributed by atoms with Crippen molar-refractivity contribution in [2.75, 3.05) is 25.1 Å². The molecule has 0 amide bonds. The lowest BCUT2D eigenvalue weighted by atomic mass is 9.99. The number of nitrogens with one attached hydrogen (secondary N) is 2. The lowest BCUT2D eigenvalue weighted by Gasteiger charge is -2.29. The number of rotatable bonds is 8. The monoisotopic (exact) mass is 340 g/mol. The fourth-order valence-corrected chi connectivity index (χ4v) is 3.17. The van der Waals surface area contributed by atoms with Crippen molar-refractivity contribution >= 4 is 5.69 Å². The lowest BCUT2D eigenvalue weighted by molar-refractivity contribution is 0.217. The first-order chi connectivity index (χ1) is 12.3. The summed E-state index contributed by atoms with van der Waals surface area (Å²) in [6.07, 6.45) is 3.83. The van der Waals surface area contributed by atoms with Crippen LogP contribution in [-0.2, 0) is 0 Å². The third kappa shape index (κ3) is 5.98. The van der Waals surface area contributed by atoms with Crippen LogP contribution in [-0.4, -0.2) is 31.8 Å². The molecule has 2 aromatic rings. The van der Waals surface area contributed by atoms with Crippen molar-refractivity contribution in [2.45, 2.75) is 38.3 Å². The Hall–Kier alpha value is -2.20. The van der Waals surface area contributed by atoms with Gasteiger partial charge in [-0.25, -0.2) is 0 Å². The third-order valence-electron chi connectivity index (χ3n) is 4.46. The van der Waals surface area contributed by atoms with Crippen LogP contribution in [0.1, 0.15) is 26.2 Å². The van der Waals surface area contributed by atoms with Gasteiger partial charge in [-0.2, -0.15) is 0 Å². The third-order valence-corrected chi connectivity index (χ3v) is 4.46. The summed E-state index contributed by atoms with van der Waals surface area (Å²) < 4.78 is 11.4. The maximum atomic E-state index is 5.80. The van der Waals surface area contributed by atoms with Gasteiger partial charge in [0.2, 0.25) is 0 Å². The Bertz CT molecular complexity index is 633. The summed E-state index contributed by atoms with van der Waals surface area (Å²) in [7, 11) is 0. The molecule has 0 aliphatic carbocycles. The summed E-state index contributed by atoms with van der Waals surface area (Å²) in [5, 5.41) is 7.17. The minimum atomic E-state index is 0.528. The zero-order chi connectivity index (χ0) is 17.3. The number of para-hydroxylation sites is 1. The van der Waals surface area contributed by atoms with Crippen LogP contribution >= 0.6 is 0 Å². The molecule has 0 saturated carbocycles. The van der Waals surface area contributed by atoms with Gasteiger partial charge in [-0.05, 0) is 44.0 Å². The van der Waals surface area contributed by atoms with Gasteiger partial charge in [-0.3, -0.25) is 0 Å². The largest absolute Gasteiger partial charge is 0.490 e. The zero-order valence-corrected chi connectivity index (χ0v) is 14.9. The van der Waals surface area contributed by atoms with Crippen LogP contribution in [0, 0.1) is 0 Å². The van der Waals surface area contributed by atoms with Crippen molar-refractivity contribution in [1.29, 1.82) is 0 Å². The average Bonchev–Trinajstić information content (AvgIpc) is 2.65. The second kappa shape index (κ2) is 9.33. The summed E-state index contributed by atoms with van der Waals surface area (Å²) in [5.74, 6) is 1.74. The van der Waals surface area contributed by atoms with Crippen molar-refractivity contribution in [1.82, 2.24) is 5.32 Å². The Morgan fingerprint density at radius 1 is 0.960 bits per heavy atom. The molecule has 1 aliphatic rings. The fraction of sp³-hybridized carbons (Fsp3) is 0.429. The van der Waals surface area contributed by atoms with Crippen molar-refractivity contribution in [3.63, 3.8) is 0 Å². The molecule has 4 heteroatoms. The van der Waals surface area contributed by atoms with E-state index < -0.39 is 0 Å². The summed E-state index contributed by atoms with van der Waals surface area (Å²) in [5.41, 5.74) is 1.10. The summed E-state index contributed by atoms with van der Waals surface area (Å²) in [4.78, 5) is 0. The molecule has 1 saturated heterocycles. The molecular weight excluding hydrogens is 312 g/mol. The van der Waals surface area contributed by atoms with Crippen LogP contribution in [0.5, 0.6) is 11.5 Å². The number of piperidine rings is 1. The number of anilines is 1. The van der Waals surface area contributed by atoms with Crippen LogP contribution < -0.4 is 20.1 Å². The second-order valence-corrected chi connectivity index (χ2v) is 6.61. The molecule has 0 aromatic heterocycles. The number of ether oxygens (including phenoxy) is 2. The molecule has 3 rings (SSSR count). The fourth-order valence-electron chi connectivity index (χ4n) is 3.17. The van der Waals surface area contributed by atoms with Gasteiger partial charge < -0.3 is 20.1 Å². The van der Waals surface area contributed by atoms with E-state index in [1.807, 2.05) is 42.5 Å². The minimum absolute atomic E-state index is 0.528. The van der Waals surface area contributed by atoms with Gasteiger partial charge in [0.1, 0.15) is 24.7 Å². The highest BCUT2D eigenvalue weighted by atomic mass is 16.5. The van der Waals surface area contributed by atoms with Gasteiger partial charge in [0.15, 0.2) is 0 Å². The molecule has 1 aliphatic heterocycles. The van der Waals surface area contributed by atoms with E-state index in [4.69, 9.17) is 9.47 Å². The molecule has 134 valence electrons. The summed E-state index contributed by atoms with van der Waals surface area (Å²) >= 11 is 0.